The molecule has 1 amide bonds. The molecule has 29 heavy (non-hydrogen) atoms. The van der Waals surface area contributed by atoms with Crippen LogP contribution in [0.15, 0.2) is 35.1 Å². The fourth-order valence-corrected chi connectivity index (χ4v) is 5.00. The maximum Gasteiger partial charge on any atom is 0.276 e. The minimum Gasteiger partial charge on any atom is -0.448 e. The molecule has 0 saturated carbocycles. The van der Waals surface area contributed by atoms with Crippen molar-refractivity contribution >= 4 is 5.91 Å². The predicted octanol–water partition coefficient (Wildman–Crippen LogP) is 4.49. The Kier molecular flexibility index (Phi) is 5.77. The monoisotopic (exact) mass is 395 g/mol. The topological polar surface area (TPSA) is 49.6 Å². The third-order valence-corrected chi connectivity index (χ3v) is 6.68. The fourth-order valence-electron chi connectivity index (χ4n) is 5.00. The van der Waals surface area contributed by atoms with Crippen LogP contribution in [-0.2, 0) is 13.0 Å². The molecular weight excluding hydrogens is 362 g/mol. The number of amides is 1. The van der Waals surface area contributed by atoms with Gasteiger partial charge in [-0.25, -0.2) is 4.98 Å². The van der Waals surface area contributed by atoms with Gasteiger partial charge in [-0.3, -0.25) is 9.69 Å². The zero-order chi connectivity index (χ0) is 20.4. The van der Waals surface area contributed by atoms with Crippen molar-refractivity contribution in [3.63, 3.8) is 0 Å². The maximum absolute atomic E-state index is 13.0. The normalized spacial score (nSPS) is 22.7. The number of hydrogen-bond acceptors (Lipinski definition) is 4. The smallest absolute Gasteiger partial charge is 0.276 e. The minimum atomic E-state index is 0.0360. The fraction of sp³-hybridized carbons (Fsp3) is 0.583. The zero-order valence-electron chi connectivity index (χ0n) is 18.0. The maximum atomic E-state index is 13.0. The summed E-state index contributed by atoms with van der Waals surface area (Å²) in [4.78, 5) is 21.7. The van der Waals surface area contributed by atoms with Crippen LogP contribution in [0.2, 0.25) is 0 Å². The Balaban J connectivity index is 1.39. The molecule has 0 radical (unpaired) electrons. The first kappa shape index (κ1) is 20.1. The highest BCUT2D eigenvalue weighted by Crippen LogP contribution is 2.40. The van der Waals surface area contributed by atoms with Gasteiger partial charge >= 0.3 is 0 Å². The van der Waals surface area contributed by atoms with E-state index in [9.17, 15) is 4.79 Å². The lowest BCUT2D eigenvalue weighted by Gasteiger charge is -2.40. The Labute approximate surface area is 174 Å². The van der Waals surface area contributed by atoms with E-state index in [4.69, 9.17) is 4.42 Å². The summed E-state index contributed by atoms with van der Waals surface area (Å²) in [5.41, 5.74) is 3.50. The van der Waals surface area contributed by atoms with E-state index >= 15 is 0 Å². The van der Waals surface area contributed by atoms with E-state index in [1.165, 1.54) is 30.4 Å². The standard InChI is InChI=1S/C24H33N3O2/c1-4-21-22(25-17-29-21)23(28)27-13-11-24(16-27)10-5-12-26(15-24)14-19-6-8-20(9-7-19)18(2)3/h6-9,17-18H,4-5,10-16H2,1-3H3/t24-/m1/s1. The van der Waals surface area contributed by atoms with E-state index in [0.717, 1.165) is 39.1 Å². The van der Waals surface area contributed by atoms with Crippen LogP contribution in [0.25, 0.3) is 0 Å². The predicted molar refractivity (Wildman–Crippen MR) is 114 cm³/mol. The third-order valence-electron chi connectivity index (χ3n) is 6.68. The second kappa shape index (κ2) is 8.31. The number of carbonyl (C=O) groups excluding carboxylic acids is 1. The van der Waals surface area contributed by atoms with E-state index < -0.39 is 0 Å². The first-order chi connectivity index (χ1) is 14.0. The molecule has 1 spiro atoms. The van der Waals surface area contributed by atoms with Crippen molar-refractivity contribution in [2.75, 3.05) is 26.2 Å². The molecule has 0 bridgehead atoms. The molecule has 2 aliphatic rings. The van der Waals surface area contributed by atoms with Crippen LogP contribution in [0, 0.1) is 5.41 Å². The Morgan fingerprint density at radius 2 is 1.97 bits per heavy atom. The second-order valence-corrected chi connectivity index (χ2v) is 9.16. The van der Waals surface area contributed by atoms with Crippen LogP contribution in [0.5, 0.6) is 0 Å². The summed E-state index contributed by atoms with van der Waals surface area (Å²) in [5.74, 6) is 1.31. The number of oxazole rings is 1. The quantitative estimate of drug-likeness (QED) is 0.748. The molecule has 5 nitrogen and oxygen atoms in total. The van der Waals surface area contributed by atoms with Crippen molar-refractivity contribution < 1.29 is 9.21 Å². The lowest BCUT2D eigenvalue weighted by Crippen LogP contribution is -2.45. The van der Waals surface area contributed by atoms with Gasteiger partial charge in [-0.1, -0.05) is 45.0 Å². The van der Waals surface area contributed by atoms with Crippen LogP contribution in [0.1, 0.15) is 73.3 Å². The van der Waals surface area contributed by atoms with Crippen molar-refractivity contribution in [3.05, 3.63) is 53.2 Å². The van der Waals surface area contributed by atoms with Gasteiger partial charge in [0.2, 0.25) is 0 Å². The molecule has 0 unspecified atom stereocenters. The van der Waals surface area contributed by atoms with Gasteiger partial charge < -0.3 is 9.32 Å². The number of likely N-dealkylation sites (tertiary alicyclic amines) is 2. The van der Waals surface area contributed by atoms with Crippen LogP contribution in [-0.4, -0.2) is 46.9 Å². The molecule has 2 aliphatic heterocycles. The Morgan fingerprint density at radius 1 is 1.17 bits per heavy atom. The lowest BCUT2D eigenvalue weighted by molar-refractivity contribution is 0.0670. The zero-order valence-corrected chi connectivity index (χ0v) is 18.0. The molecule has 3 heterocycles. The molecule has 2 fully saturated rings. The average Bonchev–Trinajstić information content (AvgIpc) is 3.35. The van der Waals surface area contributed by atoms with Crippen molar-refractivity contribution in [1.29, 1.82) is 0 Å². The highest BCUT2D eigenvalue weighted by Gasteiger charge is 2.43. The number of aryl methyl sites for hydroxylation is 1. The molecule has 2 saturated heterocycles. The number of aromatic nitrogens is 1. The summed E-state index contributed by atoms with van der Waals surface area (Å²) in [6.45, 7) is 11.3. The molecule has 5 heteroatoms. The van der Waals surface area contributed by atoms with E-state index in [1.54, 1.807) is 0 Å². The summed E-state index contributed by atoms with van der Waals surface area (Å²) in [6, 6.07) is 9.08. The second-order valence-electron chi connectivity index (χ2n) is 9.16. The number of benzene rings is 1. The van der Waals surface area contributed by atoms with E-state index in [-0.39, 0.29) is 11.3 Å². The van der Waals surface area contributed by atoms with Crippen molar-refractivity contribution in [2.45, 2.75) is 58.9 Å². The Morgan fingerprint density at radius 3 is 2.69 bits per heavy atom. The molecule has 156 valence electrons. The van der Waals surface area contributed by atoms with E-state index in [2.05, 4.69) is 48.0 Å². The molecular formula is C24H33N3O2. The number of piperidine rings is 1. The summed E-state index contributed by atoms with van der Waals surface area (Å²) in [5, 5.41) is 0. The van der Waals surface area contributed by atoms with Gasteiger partial charge in [-0.15, -0.1) is 0 Å². The van der Waals surface area contributed by atoms with Crippen LogP contribution in [0.3, 0.4) is 0 Å². The highest BCUT2D eigenvalue weighted by molar-refractivity contribution is 5.93. The summed E-state index contributed by atoms with van der Waals surface area (Å²) >= 11 is 0. The molecule has 2 aromatic rings. The summed E-state index contributed by atoms with van der Waals surface area (Å²) in [7, 11) is 0. The highest BCUT2D eigenvalue weighted by atomic mass is 16.3. The SMILES string of the molecule is CCc1ocnc1C(=O)N1CC[C@@]2(CCCN(Cc3ccc(C(C)C)cc3)C2)C1. The van der Waals surface area contributed by atoms with Gasteiger partial charge in [0.1, 0.15) is 5.76 Å². The van der Waals surface area contributed by atoms with Gasteiger partial charge in [-0.05, 0) is 42.9 Å². The largest absolute Gasteiger partial charge is 0.448 e. The van der Waals surface area contributed by atoms with Gasteiger partial charge in [0.25, 0.3) is 5.91 Å². The van der Waals surface area contributed by atoms with Gasteiger partial charge in [-0.2, -0.15) is 0 Å². The van der Waals surface area contributed by atoms with E-state index in [1.807, 2.05) is 11.8 Å². The number of nitrogens with zero attached hydrogens (tertiary/aromatic N) is 3. The van der Waals surface area contributed by atoms with Gasteiger partial charge in [0.15, 0.2) is 12.1 Å². The van der Waals surface area contributed by atoms with Crippen LogP contribution >= 0.6 is 0 Å². The minimum absolute atomic E-state index is 0.0360. The first-order valence-corrected chi connectivity index (χ1v) is 11.0. The summed E-state index contributed by atoms with van der Waals surface area (Å²) in [6.07, 6.45) is 5.59. The lowest BCUT2D eigenvalue weighted by atomic mass is 9.79. The van der Waals surface area contributed by atoms with Crippen molar-refractivity contribution in [2.24, 2.45) is 5.41 Å². The Bertz CT molecular complexity index is 842. The molecule has 0 N–H and O–H groups in total. The number of rotatable bonds is 5. The summed E-state index contributed by atoms with van der Waals surface area (Å²) < 4.78 is 5.37. The van der Waals surface area contributed by atoms with E-state index in [0.29, 0.717) is 23.8 Å². The molecule has 1 aromatic heterocycles. The van der Waals surface area contributed by atoms with Crippen molar-refractivity contribution in [3.8, 4) is 0 Å². The molecule has 0 aliphatic carbocycles. The van der Waals surface area contributed by atoms with Crippen molar-refractivity contribution in [1.82, 2.24) is 14.8 Å². The van der Waals surface area contributed by atoms with Crippen LogP contribution in [0.4, 0.5) is 0 Å². The number of carbonyl (C=O) groups is 1. The third kappa shape index (κ3) is 4.25. The first-order valence-electron chi connectivity index (χ1n) is 11.0. The van der Waals surface area contributed by atoms with Gasteiger partial charge in [0, 0.05) is 38.0 Å². The molecule has 1 aromatic carbocycles. The van der Waals surface area contributed by atoms with Crippen LogP contribution < -0.4 is 0 Å². The molecule has 4 rings (SSSR count). The van der Waals surface area contributed by atoms with Gasteiger partial charge in [0.05, 0.1) is 0 Å². The Hall–Kier alpha value is -2.14. The average molecular weight is 396 g/mol. The molecule has 1 atom stereocenters. The number of hydrogen-bond donors (Lipinski definition) is 0.